The number of hydrogen-bond donors (Lipinski definition) is 2. The number of nitrogens with zero attached hydrogens (tertiary/aromatic N) is 1. The monoisotopic (exact) mass is 329 g/mol. The molecule has 0 unspecified atom stereocenters. The van der Waals surface area contributed by atoms with Gasteiger partial charge in [-0.05, 0) is 43.7 Å². The molecule has 0 aliphatic rings. The Morgan fingerprint density at radius 2 is 1.96 bits per heavy atom. The molecule has 1 aromatic heterocycles. The third-order valence-electron chi connectivity index (χ3n) is 3.28. The second kappa shape index (κ2) is 9.52. The standard InChI is InChI=1S/C18H23N3O3/c1-3-24-17-7-5-15(6-8-17)21-18(22)14-11-16(13-19-12-14)20-9-4-10-23-2/h5-8,11-13,20H,3-4,9-10H2,1-2H3,(H,21,22). The van der Waals surface area contributed by atoms with Gasteiger partial charge in [0.05, 0.1) is 17.9 Å². The van der Waals surface area contributed by atoms with Crippen molar-refractivity contribution in [3.63, 3.8) is 0 Å². The summed E-state index contributed by atoms with van der Waals surface area (Å²) in [5, 5.41) is 6.07. The molecule has 24 heavy (non-hydrogen) atoms. The molecule has 1 heterocycles. The first-order valence-electron chi connectivity index (χ1n) is 7.95. The van der Waals surface area contributed by atoms with E-state index in [0.29, 0.717) is 24.5 Å². The van der Waals surface area contributed by atoms with E-state index >= 15 is 0 Å². The number of nitrogens with one attached hydrogen (secondary N) is 2. The minimum Gasteiger partial charge on any atom is -0.494 e. The normalized spacial score (nSPS) is 10.2. The van der Waals surface area contributed by atoms with Crippen molar-refractivity contribution >= 4 is 17.3 Å². The van der Waals surface area contributed by atoms with Gasteiger partial charge >= 0.3 is 0 Å². The lowest BCUT2D eigenvalue weighted by molar-refractivity contribution is 0.102. The van der Waals surface area contributed by atoms with Crippen molar-refractivity contribution in [2.24, 2.45) is 0 Å². The number of aromatic nitrogens is 1. The Hall–Kier alpha value is -2.60. The van der Waals surface area contributed by atoms with E-state index in [0.717, 1.165) is 24.4 Å². The molecule has 2 rings (SSSR count). The second-order valence-electron chi connectivity index (χ2n) is 5.15. The van der Waals surface area contributed by atoms with Gasteiger partial charge in [0.2, 0.25) is 0 Å². The number of rotatable bonds is 9. The highest BCUT2D eigenvalue weighted by molar-refractivity contribution is 6.04. The van der Waals surface area contributed by atoms with Gasteiger partial charge in [-0.25, -0.2) is 0 Å². The molecule has 0 saturated carbocycles. The van der Waals surface area contributed by atoms with E-state index in [-0.39, 0.29) is 5.91 Å². The number of benzene rings is 1. The molecular formula is C18H23N3O3. The minimum atomic E-state index is -0.202. The molecule has 1 amide bonds. The van der Waals surface area contributed by atoms with E-state index in [1.165, 1.54) is 0 Å². The second-order valence-corrected chi connectivity index (χ2v) is 5.15. The molecule has 0 aliphatic carbocycles. The van der Waals surface area contributed by atoms with Crippen molar-refractivity contribution in [2.75, 3.05) is 37.5 Å². The van der Waals surface area contributed by atoms with Gasteiger partial charge in [-0.1, -0.05) is 0 Å². The average molecular weight is 329 g/mol. The first-order valence-corrected chi connectivity index (χ1v) is 7.95. The zero-order chi connectivity index (χ0) is 17.2. The smallest absolute Gasteiger partial charge is 0.257 e. The Kier molecular flexibility index (Phi) is 7.04. The summed E-state index contributed by atoms with van der Waals surface area (Å²) in [6, 6.07) is 9.05. The SMILES string of the molecule is CCOc1ccc(NC(=O)c2cncc(NCCCOC)c2)cc1. The van der Waals surface area contributed by atoms with Gasteiger partial charge in [0.25, 0.3) is 5.91 Å². The first-order chi connectivity index (χ1) is 11.7. The molecule has 6 nitrogen and oxygen atoms in total. The largest absolute Gasteiger partial charge is 0.494 e. The number of hydrogen-bond acceptors (Lipinski definition) is 5. The van der Waals surface area contributed by atoms with Crippen molar-refractivity contribution in [3.05, 3.63) is 48.3 Å². The van der Waals surface area contributed by atoms with E-state index in [4.69, 9.17) is 9.47 Å². The molecule has 0 atom stereocenters. The first kappa shape index (κ1) is 17.7. The number of anilines is 2. The molecule has 0 bridgehead atoms. The number of methoxy groups -OCH3 is 1. The number of amides is 1. The molecular weight excluding hydrogens is 306 g/mol. The van der Waals surface area contributed by atoms with Crippen LogP contribution in [-0.2, 0) is 4.74 Å². The van der Waals surface area contributed by atoms with E-state index in [2.05, 4.69) is 15.6 Å². The van der Waals surface area contributed by atoms with Crippen LogP contribution in [0.2, 0.25) is 0 Å². The maximum absolute atomic E-state index is 12.3. The lowest BCUT2D eigenvalue weighted by Crippen LogP contribution is -2.13. The Bertz CT molecular complexity index is 644. The van der Waals surface area contributed by atoms with E-state index in [1.54, 1.807) is 25.6 Å². The van der Waals surface area contributed by atoms with Crippen LogP contribution in [0.25, 0.3) is 0 Å². The van der Waals surface area contributed by atoms with E-state index in [9.17, 15) is 4.79 Å². The summed E-state index contributed by atoms with van der Waals surface area (Å²) in [5.74, 6) is 0.576. The Morgan fingerprint density at radius 3 is 2.67 bits per heavy atom. The van der Waals surface area contributed by atoms with Crippen molar-refractivity contribution in [1.29, 1.82) is 0 Å². The van der Waals surface area contributed by atoms with Crippen molar-refractivity contribution in [1.82, 2.24) is 4.98 Å². The van der Waals surface area contributed by atoms with Crippen LogP contribution in [-0.4, -0.2) is 37.8 Å². The molecule has 0 saturated heterocycles. The van der Waals surface area contributed by atoms with Crippen molar-refractivity contribution < 1.29 is 14.3 Å². The molecule has 0 aliphatic heterocycles. The molecule has 1 aromatic carbocycles. The van der Waals surface area contributed by atoms with Gasteiger partial charge < -0.3 is 20.1 Å². The van der Waals surface area contributed by atoms with Crippen molar-refractivity contribution in [3.8, 4) is 5.75 Å². The molecule has 0 fully saturated rings. The third kappa shape index (κ3) is 5.55. The van der Waals surface area contributed by atoms with E-state index in [1.807, 2.05) is 31.2 Å². The third-order valence-corrected chi connectivity index (χ3v) is 3.28. The lowest BCUT2D eigenvalue weighted by atomic mass is 10.2. The van der Waals surface area contributed by atoms with Crippen LogP contribution in [0, 0.1) is 0 Å². The highest BCUT2D eigenvalue weighted by Crippen LogP contribution is 2.17. The molecule has 2 aromatic rings. The topological polar surface area (TPSA) is 72.5 Å². The summed E-state index contributed by atoms with van der Waals surface area (Å²) < 4.78 is 10.4. The van der Waals surface area contributed by atoms with Crippen LogP contribution in [0.1, 0.15) is 23.7 Å². The van der Waals surface area contributed by atoms with Crippen LogP contribution >= 0.6 is 0 Å². The number of ether oxygens (including phenoxy) is 2. The van der Waals surface area contributed by atoms with Crippen LogP contribution in [0.15, 0.2) is 42.7 Å². The van der Waals surface area contributed by atoms with Crippen LogP contribution in [0.4, 0.5) is 11.4 Å². The Morgan fingerprint density at radius 1 is 1.17 bits per heavy atom. The number of carbonyl (C=O) groups is 1. The van der Waals surface area contributed by atoms with Crippen LogP contribution < -0.4 is 15.4 Å². The predicted octanol–water partition coefficient (Wildman–Crippen LogP) is 3.18. The summed E-state index contributed by atoms with van der Waals surface area (Å²) in [6.45, 7) is 4.00. The van der Waals surface area contributed by atoms with Crippen LogP contribution in [0.3, 0.4) is 0 Å². The van der Waals surface area contributed by atoms with Gasteiger partial charge in [-0.3, -0.25) is 9.78 Å². The fraction of sp³-hybridized carbons (Fsp3) is 0.333. The fourth-order valence-corrected chi connectivity index (χ4v) is 2.11. The van der Waals surface area contributed by atoms with Crippen molar-refractivity contribution in [2.45, 2.75) is 13.3 Å². The Labute approximate surface area is 142 Å². The maximum atomic E-state index is 12.3. The highest BCUT2D eigenvalue weighted by atomic mass is 16.5. The number of pyridine rings is 1. The Balaban J connectivity index is 1.94. The molecule has 2 N–H and O–H groups in total. The summed E-state index contributed by atoms with van der Waals surface area (Å²) in [6.07, 6.45) is 4.13. The summed E-state index contributed by atoms with van der Waals surface area (Å²) in [4.78, 5) is 16.4. The molecule has 6 heteroatoms. The fourth-order valence-electron chi connectivity index (χ4n) is 2.11. The predicted molar refractivity (Wildman–Crippen MR) is 94.8 cm³/mol. The highest BCUT2D eigenvalue weighted by Gasteiger charge is 2.08. The maximum Gasteiger partial charge on any atom is 0.257 e. The molecule has 0 spiro atoms. The van der Waals surface area contributed by atoms with Gasteiger partial charge in [0, 0.05) is 38.3 Å². The molecule has 128 valence electrons. The summed E-state index contributed by atoms with van der Waals surface area (Å²) >= 11 is 0. The van der Waals surface area contributed by atoms with Crippen LogP contribution in [0.5, 0.6) is 5.75 Å². The van der Waals surface area contributed by atoms with Gasteiger partial charge in [-0.15, -0.1) is 0 Å². The quantitative estimate of drug-likeness (QED) is 0.691. The number of carbonyl (C=O) groups excluding carboxylic acids is 1. The zero-order valence-corrected chi connectivity index (χ0v) is 14.0. The van der Waals surface area contributed by atoms with E-state index < -0.39 is 0 Å². The minimum absolute atomic E-state index is 0.202. The lowest BCUT2D eigenvalue weighted by Gasteiger charge is -2.09. The van der Waals surface area contributed by atoms with Gasteiger partial charge in [0.1, 0.15) is 5.75 Å². The average Bonchev–Trinajstić information content (AvgIpc) is 2.61. The zero-order valence-electron chi connectivity index (χ0n) is 14.0. The summed E-state index contributed by atoms with van der Waals surface area (Å²) in [5.41, 5.74) is 2.02. The molecule has 0 radical (unpaired) electrons. The van der Waals surface area contributed by atoms with Gasteiger partial charge in [-0.2, -0.15) is 0 Å². The summed E-state index contributed by atoms with van der Waals surface area (Å²) in [7, 11) is 1.67. The van der Waals surface area contributed by atoms with Gasteiger partial charge in [0.15, 0.2) is 0 Å².